The standard InChI is InChI=1S/C11H15N5S/c1-3-9(12)8-6-4-5-7-10(8)17-11-13-14-15-16(11)2/h4-7,9H,3,12H2,1-2H3/t9-/m1/s1. The molecular weight excluding hydrogens is 234 g/mol. The quantitative estimate of drug-likeness (QED) is 0.894. The van der Waals surface area contributed by atoms with Crippen LogP contribution >= 0.6 is 11.8 Å². The molecular formula is C11H15N5S. The van der Waals surface area contributed by atoms with Crippen molar-refractivity contribution >= 4 is 11.8 Å². The van der Waals surface area contributed by atoms with E-state index in [1.165, 1.54) is 11.8 Å². The molecule has 0 aliphatic rings. The number of rotatable bonds is 4. The van der Waals surface area contributed by atoms with Crippen LogP contribution in [0.2, 0.25) is 0 Å². The van der Waals surface area contributed by atoms with Crippen molar-refractivity contribution < 1.29 is 0 Å². The van der Waals surface area contributed by atoms with E-state index in [9.17, 15) is 0 Å². The predicted octanol–water partition coefficient (Wildman–Crippen LogP) is 1.77. The minimum atomic E-state index is 0.0555. The van der Waals surface area contributed by atoms with Gasteiger partial charge in [0.25, 0.3) is 0 Å². The molecule has 0 spiro atoms. The van der Waals surface area contributed by atoms with Crippen molar-refractivity contribution in [3.63, 3.8) is 0 Å². The lowest BCUT2D eigenvalue weighted by Crippen LogP contribution is -2.09. The van der Waals surface area contributed by atoms with Gasteiger partial charge in [0.2, 0.25) is 5.16 Å². The third-order valence-electron chi connectivity index (χ3n) is 2.54. The van der Waals surface area contributed by atoms with Crippen molar-refractivity contribution in [1.29, 1.82) is 0 Å². The zero-order valence-electron chi connectivity index (χ0n) is 9.87. The van der Waals surface area contributed by atoms with Crippen LogP contribution in [-0.4, -0.2) is 20.2 Å². The number of tetrazole rings is 1. The van der Waals surface area contributed by atoms with Crippen LogP contribution < -0.4 is 5.73 Å². The second-order valence-corrected chi connectivity index (χ2v) is 4.75. The monoisotopic (exact) mass is 249 g/mol. The second-order valence-electron chi connectivity index (χ2n) is 3.74. The molecule has 2 aromatic rings. The first kappa shape index (κ1) is 12.1. The number of aryl methyl sites for hydroxylation is 1. The lowest BCUT2D eigenvalue weighted by molar-refractivity contribution is 0.662. The van der Waals surface area contributed by atoms with E-state index in [0.717, 1.165) is 22.0 Å². The van der Waals surface area contributed by atoms with Gasteiger partial charge in [0.05, 0.1) is 0 Å². The number of hydrogen-bond acceptors (Lipinski definition) is 5. The van der Waals surface area contributed by atoms with Crippen LogP contribution in [-0.2, 0) is 7.05 Å². The predicted molar refractivity (Wildman–Crippen MR) is 66.6 cm³/mol. The second kappa shape index (κ2) is 5.29. The van der Waals surface area contributed by atoms with E-state index in [1.807, 2.05) is 25.2 Å². The minimum absolute atomic E-state index is 0.0555. The molecule has 0 aliphatic heterocycles. The zero-order valence-corrected chi connectivity index (χ0v) is 10.7. The molecule has 0 unspecified atom stereocenters. The van der Waals surface area contributed by atoms with Crippen molar-refractivity contribution in [2.24, 2.45) is 12.8 Å². The van der Waals surface area contributed by atoms with Gasteiger partial charge in [0, 0.05) is 18.0 Å². The Morgan fingerprint density at radius 1 is 1.41 bits per heavy atom. The largest absolute Gasteiger partial charge is 0.324 e. The van der Waals surface area contributed by atoms with Gasteiger partial charge in [0.1, 0.15) is 0 Å². The average molecular weight is 249 g/mol. The summed E-state index contributed by atoms with van der Waals surface area (Å²) in [5, 5.41) is 12.2. The van der Waals surface area contributed by atoms with Crippen LogP contribution in [0.3, 0.4) is 0 Å². The van der Waals surface area contributed by atoms with Crippen molar-refractivity contribution in [2.45, 2.75) is 29.4 Å². The SMILES string of the molecule is CC[C@@H](N)c1ccccc1Sc1nnnn1C. The fourth-order valence-electron chi connectivity index (χ4n) is 1.51. The summed E-state index contributed by atoms with van der Waals surface area (Å²) in [5.74, 6) is 0. The molecule has 0 amide bonds. The van der Waals surface area contributed by atoms with Gasteiger partial charge in [-0.25, -0.2) is 4.68 Å². The van der Waals surface area contributed by atoms with Crippen LogP contribution in [0.15, 0.2) is 34.3 Å². The Bertz CT molecular complexity index is 496. The maximum Gasteiger partial charge on any atom is 0.213 e. The molecule has 0 aliphatic carbocycles. The van der Waals surface area contributed by atoms with Crippen molar-refractivity contribution in [2.75, 3.05) is 0 Å². The molecule has 6 heteroatoms. The Labute approximate surface area is 104 Å². The highest BCUT2D eigenvalue weighted by Gasteiger charge is 2.12. The summed E-state index contributed by atoms with van der Waals surface area (Å²) in [6.07, 6.45) is 0.911. The van der Waals surface area contributed by atoms with Gasteiger partial charge in [-0.05, 0) is 40.2 Å². The molecule has 1 aromatic carbocycles. The highest BCUT2D eigenvalue weighted by Crippen LogP contribution is 2.31. The number of hydrogen-bond donors (Lipinski definition) is 1. The van der Waals surface area contributed by atoms with E-state index in [2.05, 4.69) is 28.5 Å². The van der Waals surface area contributed by atoms with E-state index in [4.69, 9.17) is 5.73 Å². The van der Waals surface area contributed by atoms with E-state index in [1.54, 1.807) is 4.68 Å². The molecule has 0 fully saturated rings. The van der Waals surface area contributed by atoms with E-state index in [0.29, 0.717) is 0 Å². The van der Waals surface area contributed by atoms with Gasteiger partial charge in [-0.15, -0.1) is 5.10 Å². The Morgan fingerprint density at radius 2 is 2.18 bits per heavy atom. The number of aromatic nitrogens is 4. The lowest BCUT2D eigenvalue weighted by atomic mass is 10.1. The molecule has 1 aromatic heterocycles. The normalized spacial score (nSPS) is 12.6. The fraction of sp³-hybridized carbons (Fsp3) is 0.364. The summed E-state index contributed by atoms with van der Waals surface area (Å²) in [5.41, 5.74) is 7.23. The maximum atomic E-state index is 6.09. The third kappa shape index (κ3) is 2.65. The van der Waals surface area contributed by atoms with Gasteiger partial charge < -0.3 is 5.73 Å². The Kier molecular flexibility index (Phi) is 3.75. The summed E-state index contributed by atoms with van der Waals surface area (Å²) < 4.78 is 1.65. The number of nitrogens with two attached hydrogens (primary N) is 1. The first-order valence-electron chi connectivity index (χ1n) is 5.47. The van der Waals surface area contributed by atoms with Gasteiger partial charge in [0.15, 0.2) is 0 Å². The van der Waals surface area contributed by atoms with Crippen molar-refractivity contribution in [3.05, 3.63) is 29.8 Å². The Morgan fingerprint density at radius 3 is 2.82 bits per heavy atom. The molecule has 0 radical (unpaired) electrons. The third-order valence-corrected chi connectivity index (χ3v) is 3.66. The molecule has 1 atom stereocenters. The van der Waals surface area contributed by atoms with Crippen LogP contribution in [0, 0.1) is 0 Å². The minimum Gasteiger partial charge on any atom is -0.324 e. The number of benzene rings is 1. The van der Waals surface area contributed by atoms with E-state index in [-0.39, 0.29) is 6.04 Å². The molecule has 0 bridgehead atoms. The van der Waals surface area contributed by atoms with Crippen LogP contribution in [0.5, 0.6) is 0 Å². The summed E-state index contributed by atoms with van der Waals surface area (Å²) in [4.78, 5) is 1.11. The van der Waals surface area contributed by atoms with E-state index < -0.39 is 0 Å². The number of nitrogens with zero attached hydrogens (tertiary/aromatic N) is 4. The fourth-order valence-corrected chi connectivity index (χ4v) is 2.43. The van der Waals surface area contributed by atoms with Gasteiger partial charge in [-0.3, -0.25) is 0 Å². The smallest absolute Gasteiger partial charge is 0.213 e. The average Bonchev–Trinajstić information content (AvgIpc) is 2.75. The van der Waals surface area contributed by atoms with Crippen LogP contribution in [0.25, 0.3) is 0 Å². The summed E-state index contributed by atoms with van der Waals surface area (Å²) in [7, 11) is 1.82. The van der Waals surface area contributed by atoms with E-state index >= 15 is 0 Å². The Balaban J connectivity index is 2.30. The van der Waals surface area contributed by atoms with Crippen molar-refractivity contribution in [3.8, 4) is 0 Å². The van der Waals surface area contributed by atoms with Crippen LogP contribution in [0.4, 0.5) is 0 Å². The van der Waals surface area contributed by atoms with Crippen molar-refractivity contribution in [1.82, 2.24) is 20.2 Å². The molecule has 90 valence electrons. The molecule has 0 saturated heterocycles. The summed E-state index contributed by atoms with van der Waals surface area (Å²) in [6, 6.07) is 8.16. The molecule has 0 saturated carbocycles. The highest BCUT2D eigenvalue weighted by molar-refractivity contribution is 7.99. The van der Waals surface area contributed by atoms with Gasteiger partial charge >= 0.3 is 0 Å². The molecule has 1 heterocycles. The Hall–Kier alpha value is -1.40. The first-order valence-corrected chi connectivity index (χ1v) is 6.28. The maximum absolute atomic E-state index is 6.09. The summed E-state index contributed by atoms with van der Waals surface area (Å²) in [6.45, 7) is 2.08. The molecule has 2 rings (SSSR count). The van der Waals surface area contributed by atoms with Gasteiger partial charge in [-0.1, -0.05) is 25.1 Å². The zero-order chi connectivity index (χ0) is 12.3. The topological polar surface area (TPSA) is 69.6 Å². The highest BCUT2D eigenvalue weighted by atomic mass is 32.2. The lowest BCUT2D eigenvalue weighted by Gasteiger charge is -2.13. The molecule has 17 heavy (non-hydrogen) atoms. The first-order chi connectivity index (χ1) is 8.22. The van der Waals surface area contributed by atoms with Crippen LogP contribution in [0.1, 0.15) is 24.9 Å². The molecule has 2 N–H and O–H groups in total. The van der Waals surface area contributed by atoms with Gasteiger partial charge in [-0.2, -0.15) is 0 Å². The molecule has 5 nitrogen and oxygen atoms in total. The summed E-state index contributed by atoms with van der Waals surface area (Å²) >= 11 is 1.54.